The molecule has 4 aliphatic rings. The summed E-state index contributed by atoms with van der Waals surface area (Å²) in [6.45, 7) is 8.27. The van der Waals surface area contributed by atoms with Gasteiger partial charge in [0.25, 0.3) is 0 Å². The molecular formula is C33H44FN7O5. The molecule has 2 aliphatic heterocycles. The van der Waals surface area contributed by atoms with E-state index >= 15 is 0 Å². The topological polar surface area (TPSA) is 147 Å². The maximum Gasteiger partial charge on any atom is 0.410 e. The molecule has 0 radical (unpaired) electrons. The number of amides is 1. The van der Waals surface area contributed by atoms with Gasteiger partial charge in [-0.25, -0.2) is 18.9 Å². The number of rotatable bonds is 6. The quantitative estimate of drug-likeness (QED) is 0.407. The van der Waals surface area contributed by atoms with Crippen LogP contribution in [0.15, 0.2) is 23.6 Å². The highest BCUT2D eigenvalue weighted by atomic mass is 19.1. The summed E-state index contributed by atoms with van der Waals surface area (Å²) in [6.07, 6.45) is 4.71. The van der Waals surface area contributed by atoms with Gasteiger partial charge in [0.1, 0.15) is 35.1 Å². The number of fused-ring (bicyclic) bond motifs is 1. The van der Waals surface area contributed by atoms with Gasteiger partial charge in [-0.15, -0.1) is 0 Å². The Morgan fingerprint density at radius 2 is 1.93 bits per heavy atom. The van der Waals surface area contributed by atoms with E-state index in [9.17, 15) is 24.5 Å². The Labute approximate surface area is 268 Å². The number of aromatic nitrogens is 4. The van der Waals surface area contributed by atoms with Crippen molar-refractivity contribution in [2.24, 2.45) is 5.41 Å². The minimum atomic E-state index is -0.942. The van der Waals surface area contributed by atoms with Crippen molar-refractivity contribution in [3.8, 4) is 11.7 Å². The Morgan fingerprint density at radius 3 is 2.61 bits per heavy atom. The molecular weight excluding hydrogens is 593 g/mol. The Bertz CT molecular complexity index is 1560. The van der Waals surface area contributed by atoms with Crippen molar-refractivity contribution in [3.63, 3.8) is 0 Å². The lowest BCUT2D eigenvalue weighted by molar-refractivity contribution is -0.131. The Balaban J connectivity index is 1.33. The number of likely N-dealkylation sites (N-methyl/N-ethyl adjacent to an activating group) is 1. The van der Waals surface area contributed by atoms with Gasteiger partial charge in [0.2, 0.25) is 5.88 Å². The first-order chi connectivity index (χ1) is 21.7. The number of nitrogens with one attached hydrogen (secondary N) is 1. The predicted octanol–water partition coefficient (Wildman–Crippen LogP) is 5.22. The fourth-order valence-corrected chi connectivity index (χ4v) is 7.29. The number of carbonyl (C=O) groups excluding carboxylic acids is 2. The lowest BCUT2D eigenvalue weighted by Crippen LogP contribution is -2.39. The molecule has 1 saturated carbocycles. The average molecular weight is 638 g/mol. The van der Waals surface area contributed by atoms with Gasteiger partial charge in [0.05, 0.1) is 24.2 Å². The van der Waals surface area contributed by atoms with Crippen molar-refractivity contribution in [2.75, 3.05) is 13.6 Å². The number of allylic oxidation sites excluding steroid dienone is 2. The van der Waals surface area contributed by atoms with E-state index in [-0.39, 0.29) is 41.5 Å². The molecule has 12 nitrogen and oxygen atoms in total. The van der Waals surface area contributed by atoms with Gasteiger partial charge in [0, 0.05) is 42.4 Å². The molecule has 2 aromatic heterocycles. The summed E-state index contributed by atoms with van der Waals surface area (Å²) in [6, 6.07) is 1.47. The smallest absolute Gasteiger partial charge is 0.410 e. The largest absolute Gasteiger partial charge is 0.511 e. The van der Waals surface area contributed by atoms with E-state index in [0.717, 1.165) is 18.4 Å². The lowest BCUT2D eigenvalue weighted by Gasteiger charge is -2.39. The third kappa shape index (κ3) is 6.13. The number of ether oxygens (including phenoxy) is 2. The number of carbonyl (C=O) groups is 2. The van der Waals surface area contributed by atoms with Crippen LogP contribution in [0.3, 0.4) is 0 Å². The molecule has 13 heteroatoms. The summed E-state index contributed by atoms with van der Waals surface area (Å²) in [7, 11) is 1.86. The number of alkyl halides is 1. The molecule has 6 rings (SSSR count). The molecule has 248 valence electrons. The number of nitrogens with zero attached hydrogens (tertiary/aromatic N) is 6. The van der Waals surface area contributed by atoms with Crippen molar-refractivity contribution in [1.29, 1.82) is 5.41 Å². The van der Waals surface area contributed by atoms with Crippen LogP contribution in [-0.4, -0.2) is 89.8 Å². The minimum Gasteiger partial charge on any atom is -0.511 e. The summed E-state index contributed by atoms with van der Waals surface area (Å²) in [5, 5.41) is 25.4. The number of aliphatic hydroxyl groups is 1. The number of hydrogen-bond donors (Lipinski definition) is 2. The predicted molar refractivity (Wildman–Crippen MR) is 167 cm³/mol. The first-order valence-corrected chi connectivity index (χ1v) is 16.2. The van der Waals surface area contributed by atoms with Crippen molar-refractivity contribution in [2.45, 2.75) is 116 Å². The zero-order valence-corrected chi connectivity index (χ0v) is 27.3. The molecule has 2 aliphatic carbocycles. The second-order valence-corrected chi connectivity index (χ2v) is 14.2. The Hall–Kier alpha value is -3.87. The number of aliphatic hydroxyl groups excluding tert-OH is 1. The lowest BCUT2D eigenvalue weighted by atomic mass is 9.64. The highest BCUT2D eigenvalue weighted by Gasteiger charge is 2.47. The third-order valence-electron chi connectivity index (χ3n) is 9.64. The molecule has 1 amide bonds. The molecule has 46 heavy (non-hydrogen) atoms. The van der Waals surface area contributed by atoms with Crippen LogP contribution in [0, 0.1) is 10.8 Å². The number of Topliss-reactive ketones (excluding diaryl/α,β-unsaturated/α-hetero) is 1. The van der Waals surface area contributed by atoms with Crippen molar-refractivity contribution >= 4 is 17.6 Å². The maximum absolute atomic E-state index is 14.2. The Morgan fingerprint density at radius 1 is 1.17 bits per heavy atom. The van der Waals surface area contributed by atoms with Crippen LogP contribution in [-0.2, 0) is 22.6 Å². The van der Waals surface area contributed by atoms with Crippen LogP contribution in [0.2, 0.25) is 0 Å². The fourth-order valence-electron chi connectivity index (χ4n) is 7.29. The third-order valence-corrected chi connectivity index (χ3v) is 9.64. The monoisotopic (exact) mass is 637 g/mol. The van der Waals surface area contributed by atoms with Gasteiger partial charge in [-0.2, -0.15) is 10.1 Å². The molecule has 0 unspecified atom stereocenters. The summed E-state index contributed by atoms with van der Waals surface area (Å²) in [4.78, 5) is 38.5. The van der Waals surface area contributed by atoms with E-state index in [1.165, 1.54) is 0 Å². The van der Waals surface area contributed by atoms with Gasteiger partial charge < -0.3 is 14.6 Å². The fraction of sp³-hybridized carbons (Fsp3) is 0.636. The summed E-state index contributed by atoms with van der Waals surface area (Å²) in [5.74, 6) is 0.582. The van der Waals surface area contributed by atoms with Crippen LogP contribution < -0.4 is 4.74 Å². The number of ketones is 1. The number of halogens is 1. The van der Waals surface area contributed by atoms with Gasteiger partial charge >= 0.3 is 6.09 Å². The minimum absolute atomic E-state index is 0.0276. The van der Waals surface area contributed by atoms with Crippen LogP contribution in [0.5, 0.6) is 5.88 Å². The zero-order valence-electron chi connectivity index (χ0n) is 27.3. The normalized spacial score (nSPS) is 26.0. The van der Waals surface area contributed by atoms with E-state index in [1.54, 1.807) is 21.8 Å². The van der Waals surface area contributed by atoms with Crippen molar-refractivity contribution in [3.05, 3.63) is 40.7 Å². The molecule has 1 spiro atoms. The molecule has 4 heterocycles. The van der Waals surface area contributed by atoms with Crippen LogP contribution in [0.4, 0.5) is 9.18 Å². The van der Waals surface area contributed by atoms with Crippen LogP contribution >= 0.6 is 0 Å². The molecule has 0 aromatic carbocycles. The first-order valence-electron chi connectivity index (χ1n) is 16.2. The first kappa shape index (κ1) is 32.1. The van der Waals surface area contributed by atoms with E-state index in [4.69, 9.17) is 19.6 Å². The summed E-state index contributed by atoms with van der Waals surface area (Å²) in [5.41, 5.74) is 0.295. The van der Waals surface area contributed by atoms with E-state index < -0.39 is 29.4 Å². The molecule has 4 atom stereocenters. The molecule has 2 fully saturated rings. The van der Waals surface area contributed by atoms with E-state index in [2.05, 4.69) is 4.98 Å². The SMILES string of the molecule is C[C@H](Oc1cc(-n2cc3c(n2)CN(C(=O)OC(C)(C)C)C3)nc(C(=N)C2=C(O)[C@]3(CCCCC3=O)CCC2)n1)[C@@H]1C[C@@H](F)CN1C. The molecule has 2 aromatic rings. The average Bonchev–Trinajstić information content (AvgIpc) is 3.67. The van der Waals surface area contributed by atoms with Crippen LogP contribution in [0.25, 0.3) is 5.82 Å². The van der Waals surface area contributed by atoms with Gasteiger partial charge in [-0.1, -0.05) is 6.42 Å². The summed E-state index contributed by atoms with van der Waals surface area (Å²) >= 11 is 0. The molecule has 2 N–H and O–H groups in total. The zero-order chi connectivity index (χ0) is 33.0. The van der Waals surface area contributed by atoms with Crippen LogP contribution in [0.1, 0.15) is 96.1 Å². The number of hydrogen-bond acceptors (Lipinski definition) is 10. The van der Waals surface area contributed by atoms with Crippen molar-refractivity contribution in [1.82, 2.24) is 29.5 Å². The second kappa shape index (κ2) is 12.1. The molecule has 1 saturated heterocycles. The number of likely N-dealkylation sites (tertiary alicyclic amines) is 1. The standard InChI is InChI=1S/C33H44FN7O5/c1-19(24-13-21(34)17-39(24)5)45-27-14-26(41-16-20-15-40(18-23(20)38-41)31(44)46-32(2,3)4)36-30(37-27)28(35)22-9-8-12-33(29(22)43)11-7-6-10-25(33)42/h14,16,19,21,24,35,43H,6-13,15,17-18H2,1-5H3/t19-,21+,24-,33+/m0/s1. The highest BCUT2D eigenvalue weighted by molar-refractivity contribution is 6.09. The van der Waals surface area contributed by atoms with E-state index in [1.807, 2.05) is 39.6 Å². The van der Waals surface area contributed by atoms with E-state index in [0.29, 0.717) is 68.7 Å². The maximum atomic E-state index is 14.2. The highest BCUT2D eigenvalue weighted by Crippen LogP contribution is 2.48. The Kier molecular flexibility index (Phi) is 8.41. The summed E-state index contributed by atoms with van der Waals surface area (Å²) < 4.78 is 27.6. The second-order valence-electron chi connectivity index (χ2n) is 14.2. The van der Waals surface area contributed by atoms with Gasteiger partial charge in [-0.3, -0.25) is 20.0 Å². The van der Waals surface area contributed by atoms with Gasteiger partial charge in [0.15, 0.2) is 11.6 Å². The van der Waals surface area contributed by atoms with Crippen molar-refractivity contribution < 1.29 is 28.6 Å². The van der Waals surface area contributed by atoms with Gasteiger partial charge in [-0.05, 0) is 73.3 Å². The molecule has 0 bridgehead atoms.